The van der Waals surface area contributed by atoms with Crippen LogP contribution in [0, 0.1) is 0 Å². The summed E-state index contributed by atoms with van der Waals surface area (Å²) in [4.78, 5) is 20.2. The second-order valence-electron chi connectivity index (χ2n) is 8.34. The molecule has 2 aliphatic rings. The Morgan fingerprint density at radius 1 is 1.10 bits per heavy atom. The molecule has 1 heterocycles. The first-order valence-electron chi connectivity index (χ1n) is 10.7. The van der Waals surface area contributed by atoms with Gasteiger partial charge in [-0.05, 0) is 69.2 Å². The lowest BCUT2D eigenvalue weighted by Crippen LogP contribution is -2.47. The lowest BCUT2D eigenvalue weighted by Gasteiger charge is -2.43. The van der Waals surface area contributed by atoms with Crippen LogP contribution >= 0.6 is 0 Å². The van der Waals surface area contributed by atoms with E-state index in [9.17, 15) is 9.90 Å². The van der Waals surface area contributed by atoms with Gasteiger partial charge in [0.25, 0.3) is 5.91 Å². The van der Waals surface area contributed by atoms with Gasteiger partial charge in [0.05, 0.1) is 12.7 Å². The van der Waals surface area contributed by atoms with Crippen molar-refractivity contribution in [2.75, 3.05) is 13.7 Å². The largest absolute Gasteiger partial charge is 0.496 e. The lowest BCUT2D eigenvalue weighted by molar-refractivity contribution is 0.0545. The lowest BCUT2D eigenvalue weighted by atomic mass is 9.68. The first-order chi connectivity index (χ1) is 14.2. The molecule has 2 aliphatic carbocycles. The number of rotatable bonds is 7. The van der Waals surface area contributed by atoms with Crippen molar-refractivity contribution in [3.8, 4) is 5.75 Å². The van der Waals surface area contributed by atoms with Crippen molar-refractivity contribution in [3.05, 3.63) is 59.9 Å². The number of nitrogens with zero attached hydrogens (tertiary/aromatic N) is 2. The van der Waals surface area contributed by atoms with Crippen LogP contribution in [0.5, 0.6) is 5.75 Å². The Morgan fingerprint density at radius 3 is 2.41 bits per heavy atom. The third kappa shape index (κ3) is 4.01. The van der Waals surface area contributed by atoms with E-state index in [1.54, 1.807) is 7.11 Å². The highest BCUT2D eigenvalue weighted by Crippen LogP contribution is 2.44. The molecule has 0 bridgehead atoms. The second-order valence-corrected chi connectivity index (χ2v) is 8.34. The zero-order valence-corrected chi connectivity index (χ0v) is 17.1. The Kier molecular flexibility index (Phi) is 5.86. The molecule has 29 heavy (non-hydrogen) atoms. The number of aliphatic hydroxyl groups is 1. The third-order valence-corrected chi connectivity index (χ3v) is 6.62. The predicted octanol–water partition coefficient (Wildman–Crippen LogP) is 3.96. The van der Waals surface area contributed by atoms with Crippen molar-refractivity contribution in [2.45, 2.75) is 62.4 Å². The van der Waals surface area contributed by atoms with Gasteiger partial charge in [0.2, 0.25) is 0 Å². The SMILES string of the molecule is COc1ccccc1C(=O)N(C1CC1)C1CCC(CCO)(c2ccccn2)CC1. The van der Waals surface area contributed by atoms with Crippen LogP contribution in [-0.4, -0.2) is 46.7 Å². The molecular formula is C24H30N2O3. The molecule has 2 aromatic rings. The summed E-state index contributed by atoms with van der Waals surface area (Å²) in [6.07, 6.45) is 8.49. The summed E-state index contributed by atoms with van der Waals surface area (Å²) in [5.41, 5.74) is 1.63. The molecule has 1 aromatic carbocycles. The molecule has 2 saturated carbocycles. The van der Waals surface area contributed by atoms with Crippen LogP contribution < -0.4 is 4.74 Å². The minimum absolute atomic E-state index is 0.0856. The summed E-state index contributed by atoms with van der Waals surface area (Å²) >= 11 is 0. The standard InChI is InChI=1S/C24H30N2O3/c1-29-21-7-3-2-6-20(21)23(28)26(18-9-10-18)19-11-13-24(14-12-19,15-17-27)22-8-4-5-16-25-22/h2-8,16,18-19,27H,9-15,17H2,1H3. The number of amides is 1. The van der Waals surface area contributed by atoms with Gasteiger partial charge in [-0.25, -0.2) is 0 Å². The average molecular weight is 395 g/mol. The molecule has 1 amide bonds. The van der Waals surface area contributed by atoms with Gasteiger partial charge in [-0.1, -0.05) is 18.2 Å². The van der Waals surface area contributed by atoms with Gasteiger partial charge in [0.15, 0.2) is 0 Å². The fourth-order valence-corrected chi connectivity index (χ4v) is 4.90. The van der Waals surface area contributed by atoms with Gasteiger partial charge in [-0.15, -0.1) is 0 Å². The van der Waals surface area contributed by atoms with Crippen LogP contribution in [0.4, 0.5) is 0 Å². The number of aromatic nitrogens is 1. The number of ether oxygens (including phenoxy) is 1. The molecular weight excluding hydrogens is 364 g/mol. The van der Waals surface area contributed by atoms with Gasteiger partial charge in [0, 0.05) is 36.0 Å². The number of carbonyl (C=O) groups is 1. The molecule has 0 atom stereocenters. The maximum absolute atomic E-state index is 13.5. The van der Waals surface area contributed by atoms with Gasteiger partial charge in [0.1, 0.15) is 5.75 Å². The van der Waals surface area contributed by atoms with E-state index in [2.05, 4.69) is 16.0 Å². The summed E-state index contributed by atoms with van der Waals surface area (Å²) in [5.74, 6) is 0.726. The van der Waals surface area contributed by atoms with Crippen LogP contribution in [0.25, 0.3) is 0 Å². The van der Waals surface area contributed by atoms with E-state index in [4.69, 9.17) is 4.74 Å². The topological polar surface area (TPSA) is 62.7 Å². The second kappa shape index (κ2) is 8.54. The minimum Gasteiger partial charge on any atom is -0.496 e. The van der Waals surface area contributed by atoms with Crippen molar-refractivity contribution in [2.24, 2.45) is 0 Å². The molecule has 154 valence electrons. The molecule has 0 saturated heterocycles. The summed E-state index contributed by atoms with van der Waals surface area (Å²) in [7, 11) is 1.62. The molecule has 5 nitrogen and oxygen atoms in total. The van der Waals surface area contributed by atoms with Crippen molar-refractivity contribution in [1.82, 2.24) is 9.88 Å². The fraction of sp³-hybridized carbons (Fsp3) is 0.500. The third-order valence-electron chi connectivity index (χ3n) is 6.62. The highest BCUT2D eigenvalue weighted by molar-refractivity contribution is 5.97. The Bertz CT molecular complexity index is 827. The first kappa shape index (κ1) is 19.9. The van der Waals surface area contributed by atoms with Crippen LogP contribution in [0.1, 0.15) is 61.0 Å². The summed E-state index contributed by atoms with van der Waals surface area (Å²) < 4.78 is 5.44. The van der Waals surface area contributed by atoms with Gasteiger partial charge >= 0.3 is 0 Å². The monoisotopic (exact) mass is 394 g/mol. The molecule has 0 unspecified atom stereocenters. The maximum Gasteiger partial charge on any atom is 0.258 e. The van der Waals surface area contributed by atoms with Crippen LogP contribution in [0.3, 0.4) is 0 Å². The van der Waals surface area contributed by atoms with E-state index in [-0.39, 0.29) is 24.0 Å². The highest BCUT2D eigenvalue weighted by Gasteiger charge is 2.44. The zero-order chi connectivity index (χ0) is 20.3. The number of hydrogen-bond donors (Lipinski definition) is 1. The molecule has 5 heteroatoms. The Hall–Kier alpha value is -2.40. The van der Waals surface area contributed by atoms with Crippen LogP contribution in [-0.2, 0) is 5.41 Å². The number of methoxy groups -OCH3 is 1. The molecule has 1 N–H and O–H groups in total. The van der Waals surface area contributed by atoms with Crippen LogP contribution in [0.15, 0.2) is 48.7 Å². The van der Waals surface area contributed by atoms with E-state index in [0.717, 1.165) is 50.6 Å². The Morgan fingerprint density at radius 2 is 1.79 bits per heavy atom. The number of pyridine rings is 1. The molecule has 2 fully saturated rings. The molecule has 1 aromatic heterocycles. The van der Waals surface area contributed by atoms with Crippen molar-refractivity contribution < 1.29 is 14.6 Å². The van der Waals surface area contributed by atoms with Gasteiger partial charge in [-0.2, -0.15) is 0 Å². The Balaban J connectivity index is 1.54. The van der Waals surface area contributed by atoms with Crippen molar-refractivity contribution in [3.63, 3.8) is 0 Å². The van der Waals surface area contributed by atoms with Crippen molar-refractivity contribution in [1.29, 1.82) is 0 Å². The Labute approximate surface area is 172 Å². The quantitative estimate of drug-likeness (QED) is 0.772. The van der Waals surface area contributed by atoms with Crippen LogP contribution in [0.2, 0.25) is 0 Å². The number of hydrogen-bond acceptors (Lipinski definition) is 4. The normalized spacial score (nSPS) is 24.1. The van der Waals surface area contributed by atoms with E-state index < -0.39 is 0 Å². The van der Waals surface area contributed by atoms with E-state index in [1.807, 2.05) is 42.6 Å². The van der Waals surface area contributed by atoms with Gasteiger partial charge < -0.3 is 14.7 Å². The summed E-state index contributed by atoms with van der Waals surface area (Å²) in [6.45, 7) is 0.160. The number of aliphatic hydroxyl groups excluding tert-OH is 1. The minimum atomic E-state index is -0.0881. The molecule has 0 radical (unpaired) electrons. The first-order valence-corrected chi connectivity index (χ1v) is 10.7. The molecule has 4 rings (SSSR count). The van der Waals surface area contributed by atoms with Gasteiger partial charge in [-0.3, -0.25) is 9.78 Å². The van der Waals surface area contributed by atoms with E-state index in [1.165, 1.54) is 0 Å². The summed E-state index contributed by atoms with van der Waals surface area (Å²) in [6, 6.07) is 14.1. The molecule has 0 aliphatic heterocycles. The number of para-hydroxylation sites is 1. The van der Waals surface area contributed by atoms with E-state index >= 15 is 0 Å². The smallest absolute Gasteiger partial charge is 0.258 e. The average Bonchev–Trinajstić information content (AvgIpc) is 3.61. The van der Waals surface area contributed by atoms with Crippen molar-refractivity contribution >= 4 is 5.91 Å². The predicted molar refractivity (Wildman–Crippen MR) is 112 cm³/mol. The highest BCUT2D eigenvalue weighted by atomic mass is 16.5. The number of benzene rings is 1. The number of carbonyl (C=O) groups excluding carboxylic acids is 1. The zero-order valence-electron chi connectivity index (χ0n) is 17.1. The fourth-order valence-electron chi connectivity index (χ4n) is 4.90. The van der Waals surface area contributed by atoms with E-state index in [0.29, 0.717) is 17.4 Å². The summed E-state index contributed by atoms with van der Waals surface area (Å²) in [5, 5.41) is 9.71. The maximum atomic E-state index is 13.5. The molecule has 0 spiro atoms.